The maximum absolute atomic E-state index is 13.2. The van der Waals surface area contributed by atoms with Crippen LogP contribution in [0.2, 0.25) is 0 Å². The number of likely N-dealkylation sites (tertiary alicyclic amines) is 1. The summed E-state index contributed by atoms with van der Waals surface area (Å²) in [4.78, 5) is 34.9. The van der Waals surface area contributed by atoms with E-state index in [0.29, 0.717) is 17.6 Å². The van der Waals surface area contributed by atoms with Crippen LogP contribution in [0.1, 0.15) is 34.4 Å². The summed E-state index contributed by atoms with van der Waals surface area (Å²) in [5, 5.41) is 2.34. The number of nitrogens with one attached hydrogen (secondary N) is 1. The predicted molar refractivity (Wildman–Crippen MR) is 107 cm³/mol. The van der Waals surface area contributed by atoms with Crippen molar-refractivity contribution < 1.29 is 4.79 Å². The van der Waals surface area contributed by atoms with E-state index in [1.54, 1.807) is 23.5 Å². The lowest BCUT2D eigenvalue weighted by Gasteiger charge is -2.23. The van der Waals surface area contributed by atoms with E-state index in [9.17, 15) is 9.59 Å². The van der Waals surface area contributed by atoms with Crippen molar-refractivity contribution in [2.45, 2.75) is 18.9 Å². The number of aromatic nitrogens is 2. The highest BCUT2D eigenvalue weighted by atomic mass is 32.1. The Morgan fingerprint density at radius 2 is 1.96 bits per heavy atom. The largest absolute Gasteiger partial charge is 0.328 e. The van der Waals surface area contributed by atoms with Crippen molar-refractivity contribution in [1.29, 1.82) is 0 Å². The van der Waals surface area contributed by atoms with E-state index in [0.717, 1.165) is 33.5 Å². The highest BCUT2D eigenvalue weighted by molar-refractivity contribution is 7.18. The van der Waals surface area contributed by atoms with Gasteiger partial charge in [0, 0.05) is 11.9 Å². The Bertz CT molecular complexity index is 1190. The van der Waals surface area contributed by atoms with Gasteiger partial charge in [0.1, 0.15) is 10.7 Å². The second-order valence-corrected chi connectivity index (χ2v) is 7.84. The maximum Gasteiger partial charge on any atom is 0.270 e. The summed E-state index contributed by atoms with van der Waals surface area (Å²) < 4.78 is 1.13. The number of carbonyl (C=O) groups excluding carboxylic acids is 1. The quantitative estimate of drug-likeness (QED) is 0.573. The summed E-state index contributed by atoms with van der Waals surface area (Å²) in [6.07, 6.45) is 1.83. The van der Waals surface area contributed by atoms with Crippen molar-refractivity contribution >= 4 is 38.2 Å². The Hall–Kier alpha value is -2.99. The molecule has 1 fully saturated rings. The number of nitrogens with zero attached hydrogens (tertiary/aromatic N) is 2. The van der Waals surface area contributed by atoms with Crippen LogP contribution in [0.15, 0.2) is 59.4 Å². The third kappa shape index (κ3) is 2.73. The first kappa shape index (κ1) is 16.2. The van der Waals surface area contributed by atoms with Crippen molar-refractivity contribution in [2.24, 2.45) is 0 Å². The number of fused-ring (bicyclic) bond motifs is 2. The van der Waals surface area contributed by atoms with Crippen molar-refractivity contribution in [3.63, 3.8) is 0 Å². The van der Waals surface area contributed by atoms with E-state index >= 15 is 0 Å². The van der Waals surface area contributed by atoms with Gasteiger partial charge in [0.15, 0.2) is 0 Å². The number of pyridine rings is 1. The van der Waals surface area contributed by atoms with Gasteiger partial charge < -0.3 is 9.88 Å². The van der Waals surface area contributed by atoms with Gasteiger partial charge in [-0.1, -0.05) is 30.3 Å². The minimum absolute atomic E-state index is 0.0372. The standard InChI is InChI=1S/C21H17N3O2S/c25-19-14-7-2-1-6-13(14)12-16(22-19)21(26)24-11-5-9-17(24)20-23-15-8-3-4-10-18(15)27-20/h1-4,6-8,10,12,17H,5,9,11H2,(H,22,25). The van der Waals surface area contributed by atoms with Crippen molar-refractivity contribution in [1.82, 2.24) is 14.9 Å². The van der Waals surface area contributed by atoms with Gasteiger partial charge in [-0.2, -0.15) is 0 Å². The molecule has 6 heteroatoms. The topological polar surface area (TPSA) is 66.1 Å². The van der Waals surface area contributed by atoms with E-state index < -0.39 is 0 Å². The van der Waals surface area contributed by atoms with Gasteiger partial charge in [0.25, 0.3) is 11.5 Å². The molecule has 2 aromatic carbocycles. The van der Waals surface area contributed by atoms with Gasteiger partial charge in [-0.25, -0.2) is 4.98 Å². The molecule has 134 valence electrons. The monoisotopic (exact) mass is 375 g/mol. The SMILES string of the molecule is O=C(c1cc2ccccc2c(=O)[nH]1)N1CCCC1c1nc2ccccc2s1. The summed E-state index contributed by atoms with van der Waals surface area (Å²) in [5.41, 5.74) is 1.08. The van der Waals surface area contributed by atoms with E-state index in [2.05, 4.69) is 11.1 Å². The Labute approximate surface area is 159 Å². The summed E-state index contributed by atoms with van der Waals surface area (Å²) in [7, 11) is 0. The highest BCUT2D eigenvalue weighted by Crippen LogP contribution is 2.37. The van der Waals surface area contributed by atoms with Gasteiger partial charge in [0.2, 0.25) is 0 Å². The van der Waals surface area contributed by atoms with Crippen LogP contribution in [0.4, 0.5) is 0 Å². The van der Waals surface area contributed by atoms with Crippen LogP contribution in [0.25, 0.3) is 21.0 Å². The number of para-hydroxylation sites is 1. The molecule has 1 N–H and O–H groups in total. The molecule has 3 heterocycles. The molecular weight excluding hydrogens is 358 g/mol. The fraction of sp³-hybridized carbons (Fsp3) is 0.190. The van der Waals surface area contributed by atoms with Gasteiger partial charge in [-0.05, 0) is 42.5 Å². The van der Waals surface area contributed by atoms with E-state index in [4.69, 9.17) is 4.98 Å². The number of H-pyrrole nitrogens is 1. The van der Waals surface area contributed by atoms with Gasteiger partial charge >= 0.3 is 0 Å². The molecule has 27 heavy (non-hydrogen) atoms. The van der Waals surface area contributed by atoms with Crippen LogP contribution in [0, 0.1) is 0 Å². The smallest absolute Gasteiger partial charge is 0.270 e. The molecular formula is C21H17N3O2S. The second kappa shape index (κ2) is 6.32. The number of hydrogen-bond acceptors (Lipinski definition) is 4. The lowest BCUT2D eigenvalue weighted by atomic mass is 10.1. The summed E-state index contributed by atoms with van der Waals surface area (Å²) in [5.74, 6) is -0.139. The Balaban J connectivity index is 1.53. The van der Waals surface area contributed by atoms with Crippen molar-refractivity contribution in [2.75, 3.05) is 6.54 Å². The predicted octanol–water partition coefficient (Wildman–Crippen LogP) is 4.12. The minimum Gasteiger partial charge on any atom is -0.328 e. The lowest BCUT2D eigenvalue weighted by molar-refractivity contribution is 0.0729. The van der Waals surface area contributed by atoms with Crippen LogP contribution in [0.5, 0.6) is 0 Å². The Kier molecular flexibility index (Phi) is 3.79. The van der Waals surface area contributed by atoms with Crippen LogP contribution >= 0.6 is 11.3 Å². The molecule has 0 bridgehead atoms. The number of carbonyl (C=O) groups is 1. The second-order valence-electron chi connectivity index (χ2n) is 6.78. The first-order valence-corrected chi connectivity index (χ1v) is 9.81. The van der Waals surface area contributed by atoms with E-state index in [1.807, 2.05) is 41.3 Å². The van der Waals surface area contributed by atoms with Gasteiger partial charge in [-0.3, -0.25) is 9.59 Å². The zero-order chi connectivity index (χ0) is 18.4. The molecule has 0 radical (unpaired) electrons. The molecule has 1 aliphatic rings. The van der Waals surface area contributed by atoms with Crippen molar-refractivity contribution in [3.8, 4) is 0 Å². The highest BCUT2D eigenvalue weighted by Gasteiger charge is 2.33. The summed E-state index contributed by atoms with van der Waals surface area (Å²) in [6, 6.07) is 17.1. The van der Waals surface area contributed by atoms with Crippen LogP contribution in [-0.2, 0) is 0 Å². The average Bonchev–Trinajstić information content (AvgIpc) is 3.34. The third-order valence-electron chi connectivity index (χ3n) is 5.09. The molecule has 1 amide bonds. The van der Waals surface area contributed by atoms with E-state index in [1.165, 1.54) is 0 Å². The number of aromatic amines is 1. The number of rotatable bonds is 2. The zero-order valence-corrected chi connectivity index (χ0v) is 15.3. The molecule has 2 aromatic heterocycles. The number of thiazole rings is 1. The molecule has 1 aliphatic heterocycles. The van der Waals surface area contributed by atoms with Gasteiger partial charge in [-0.15, -0.1) is 11.3 Å². The summed E-state index contributed by atoms with van der Waals surface area (Å²) >= 11 is 1.64. The molecule has 5 nitrogen and oxygen atoms in total. The third-order valence-corrected chi connectivity index (χ3v) is 6.23. The Morgan fingerprint density at radius 1 is 1.15 bits per heavy atom. The van der Waals surface area contributed by atoms with E-state index in [-0.39, 0.29) is 17.5 Å². The fourth-order valence-electron chi connectivity index (χ4n) is 3.78. The molecule has 1 atom stereocenters. The van der Waals surface area contributed by atoms with Crippen LogP contribution in [-0.4, -0.2) is 27.3 Å². The molecule has 1 unspecified atom stereocenters. The molecule has 1 saturated heterocycles. The molecule has 0 saturated carbocycles. The fourth-order valence-corrected chi connectivity index (χ4v) is 4.90. The summed E-state index contributed by atoms with van der Waals surface area (Å²) in [6.45, 7) is 0.675. The number of hydrogen-bond donors (Lipinski definition) is 1. The number of benzene rings is 2. The van der Waals surface area contributed by atoms with Crippen LogP contribution in [0.3, 0.4) is 0 Å². The van der Waals surface area contributed by atoms with Gasteiger partial charge in [0.05, 0.1) is 16.3 Å². The maximum atomic E-state index is 13.2. The first-order valence-electron chi connectivity index (χ1n) is 8.99. The minimum atomic E-state index is -0.229. The zero-order valence-electron chi connectivity index (χ0n) is 14.5. The molecule has 0 aliphatic carbocycles. The number of amides is 1. The molecule has 0 spiro atoms. The normalized spacial score (nSPS) is 17.0. The molecule has 5 rings (SSSR count). The Morgan fingerprint density at radius 3 is 2.85 bits per heavy atom. The molecule has 4 aromatic rings. The van der Waals surface area contributed by atoms with Crippen LogP contribution < -0.4 is 5.56 Å². The lowest BCUT2D eigenvalue weighted by Crippen LogP contribution is -2.32. The average molecular weight is 375 g/mol. The first-order chi connectivity index (χ1) is 13.2. The van der Waals surface area contributed by atoms with Crippen molar-refractivity contribution in [3.05, 3.63) is 75.7 Å².